The topological polar surface area (TPSA) is 131 Å². The molecular weight excluding hydrogens is 272 g/mol. The Kier molecular flexibility index (Phi) is 3.18. The minimum absolute atomic E-state index is 0.195. The van der Waals surface area contributed by atoms with Crippen LogP contribution in [0.5, 0.6) is 0 Å². The number of carbonyl (C=O) groups is 1. The monoisotopic (exact) mass is 282 g/mol. The first-order chi connectivity index (χ1) is 10.3. The lowest BCUT2D eigenvalue weighted by Crippen LogP contribution is -2.33. The summed E-state index contributed by atoms with van der Waals surface area (Å²) in [6, 6.07) is 7.27. The van der Waals surface area contributed by atoms with Gasteiger partial charge in [0.05, 0.1) is 11.4 Å². The average Bonchev–Trinajstić information content (AvgIpc) is 3.02. The van der Waals surface area contributed by atoms with Gasteiger partial charge in [-0.3, -0.25) is 0 Å². The van der Waals surface area contributed by atoms with E-state index in [-0.39, 0.29) is 17.4 Å². The van der Waals surface area contributed by atoms with Crippen LogP contribution in [0.4, 0.5) is 16.2 Å². The van der Waals surface area contributed by atoms with E-state index in [4.69, 9.17) is 5.26 Å². The number of H-pyrrole nitrogens is 1. The van der Waals surface area contributed by atoms with Crippen molar-refractivity contribution in [1.82, 2.24) is 25.9 Å². The number of hydrogen-bond acceptors (Lipinski definition) is 6. The molecule has 1 aromatic heterocycles. The maximum atomic E-state index is 11.4. The van der Waals surface area contributed by atoms with Crippen LogP contribution in [-0.2, 0) is 6.54 Å². The highest BCUT2D eigenvalue weighted by Gasteiger charge is 2.16. The van der Waals surface area contributed by atoms with Gasteiger partial charge < -0.3 is 16.0 Å². The fraction of sp³-hybridized carbons (Fsp3) is 0.0833. The third-order valence-electron chi connectivity index (χ3n) is 2.91. The molecule has 2 amide bonds. The minimum atomic E-state index is -0.264. The number of tetrazole rings is 1. The van der Waals surface area contributed by atoms with Crippen LogP contribution in [0.15, 0.2) is 24.4 Å². The number of amides is 2. The van der Waals surface area contributed by atoms with E-state index in [2.05, 4.69) is 36.6 Å². The maximum absolute atomic E-state index is 11.4. The zero-order valence-electron chi connectivity index (χ0n) is 10.7. The number of aromatic amines is 1. The van der Waals surface area contributed by atoms with Crippen LogP contribution in [0.1, 0.15) is 11.4 Å². The summed E-state index contributed by atoms with van der Waals surface area (Å²) in [4.78, 5) is 11.4. The highest BCUT2D eigenvalue weighted by Crippen LogP contribution is 2.28. The Bertz CT molecular complexity index is 743. The van der Waals surface area contributed by atoms with Crippen molar-refractivity contribution in [2.75, 3.05) is 10.6 Å². The summed E-state index contributed by atoms with van der Waals surface area (Å²) in [5.74, 6) is 0.195. The van der Waals surface area contributed by atoms with Gasteiger partial charge in [0.15, 0.2) is 0 Å². The smallest absolute Gasteiger partial charge is 0.319 e. The van der Waals surface area contributed by atoms with Crippen molar-refractivity contribution >= 4 is 23.0 Å². The Morgan fingerprint density at radius 2 is 2.38 bits per heavy atom. The zero-order chi connectivity index (χ0) is 14.7. The number of nitrogens with zero attached hydrogens (tertiary/aromatic N) is 4. The fourth-order valence-corrected chi connectivity index (χ4v) is 1.92. The number of allylic oxidation sites excluding steroid dienone is 1. The van der Waals surface area contributed by atoms with Crippen molar-refractivity contribution in [2.24, 2.45) is 0 Å². The molecule has 2 heterocycles. The number of aromatic nitrogens is 4. The van der Waals surface area contributed by atoms with Crippen LogP contribution in [-0.4, -0.2) is 26.7 Å². The summed E-state index contributed by atoms with van der Waals surface area (Å²) in [5, 5.41) is 30.7. The predicted molar refractivity (Wildman–Crippen MR) is 73.7 cm³/mol. The lowest BCUT2D eigenvalue weighted by atomic mass is 10.1. The molecule has 0 spiro atoms. The molecule has 0 saturated carbocycles. The van der Waals surface area contributed by atoms with Gasteiger partial charge in [0, 0.05) is 12.7 Å². The number of benzene rings is 1. The van der Waals surface area contributed by atoms with E-state index >= 15 is 0 Å². The standard InChI is InChI=1S/C12H10N8O/c13-4-8(11-17-19-20-18-11)6-14-9-3-1-2-7-5-15-12(21)16-10(7)9/h1-3,6,14H,5H2,(H2,15,16,21)(H,17,18,19,20). The van der Waals surface area contributed by atoms with Gasteiger partial charge in [-0.15, -0.1) is 10.2 Å². The molecule has 1 aliphatic rings. The molecule has 0 fully saturated rings. The molecule has 2 aromatic rings. The van der Waals surface area contributed by atoms with Crippen molar-refractivity contribution in [3.05, 3.63) is 35.8 Å². The largest absolute Gasteiger partial charge is 0.359 e. The van der Waals surface area contributed by atoms with Gasteiger partial charge in [-0.1, -0.05) is 12.1 Å². The number of fused-ring (bicyclic) bond motifs is 1. The van der Waals surface area contributed by atoms with Crippen LogP contribution in [0, 0.1) is 11.3 Å². The third kappa shape index (κ3) is 2.50. The number of carbonyl (C=O) groups excluding carboxylic acids is 1. The predicted octanol–water partition coefficient (Wildman–Crippen LogP) is 0.811. The second-order valence-corrected chi connectivity index (χ2v) is 4.20. The molecule has 0 saturated heterocycles. The van der Waals surface area contributed by atoms with E-state index in [9.17, 15) is 4.79 Å². The molecule has 0 aliphatic carbocycles. The van der Waals surface area contributed by atoms with Gasteiger partial charge in [0.25, 0.3) is 0 Å². The maximum Gasteiger partial charge on any atom is 0.319 e. The Hall–Kier alpha value is -3.41. The first-order valence-corrected chi connectivity index (χ1v) is 6.05. The summed E-state index contributed by atoms with van der Waals surface area (Å²) in [6.45, 7) is 0.455. The van der Waals surface area contributed by atoms with Crippen LogP contribution in [0.25, 0.3) is 5.57 Å². The number of anilines is 2. The average molecular weight is 282 g/mol. The molecule has 4 N–H and O–H groups in total. The lowest BCUT2D eigenvalue weighted by Gasteiger charge is -2.21. The molecule has 0 radical (unpaired) electrons. The van der Waals surface area contributed by atoms with Gasteiger partial charge in [-0.25, -0.2) is 4.79 Å². The fourth-order valence-electron chi connectivity index (χ4n) is 1.92. The number of nitriles is 1. The number of nitrogens with one attached hydrogen (secondary N) is 4. The van der Waals surface area contributed by atoms with Gasteiger partial charge in [-0.05, 0) is 16.8 Å². The number of urea groups is 1. The Labute approximate surface area is 119 Å². The van der Waals surface area contributed by atoms with Crippen molar-refractivity contribution < 1.29 is 4.79 Å². The van der Waals surface area contributed by atoms with Crippen molar-refractivity contribution in [3.8, 4) is 6.07 Å². The van der Waals surface area contributed by atoms with Crippen molar-refractivity contribution in [1.29, 1.82) is 5.26 Å². The first kappa shape index (κ1) is 12.6. The summed E-state index contributed by atoms with van der Waals surface area (Å²) >= 11 is 0. The van der Waals surface area contributed by atoms with Crippen LogP contribution < -0.4 is 16.0 Å². The molecular formula is C12H10N8O. The van der Waals surface area contributed by atoms with E-state index < -0.39 is 0 Å². The Balaban J connectivity index is 1.89. The molecule has 21 heavy (non-hydrogen) atoms. The van der Waals surface area contributed by atoms with E-state index in [1.54, 1.807) is 6.07 Å². The molecule has 0 unspecified atom stereocenters. The normalized spacial score (nSPS) is 13.7. The van der Waals surface area contributed by atoms with E-state index in [0.29, 0.717) is 17.9 Å². The lowest BCUT2D eigenvalue weighted by molar-refractivity contribution is 0.251. The highest BCUT2D eigenvalue weighted by atomic mass is 16.2. The van der Waals surface area contributed by atoms with Gasteiger partial charge >= 0.3 is 6.03 Å². The number of para-hydroxylation sites is 1. The highest BCUT2D eigenvalue weighted by molar-refractivity contribution is 5.96. The Morgan fingerprint density at radius 1 is 1.48 bits per heavy atom. The summed E-state index contributed by atoms with van der Waals surface area (Å²) in [5.41, 5.74) is 2.54. The number of rotatable bonds is 3. The van der Waals surface area contributed by atoms with Crippen LogP contribution in [0.2, 0.25) is 0 Å². The molecule has 0 bridgehead atoms. The third-order valence-corrected chi connectivity index (χ3v) is 2.91. The van der Waals surface area contributed by atoms with E-state index in [1.165, 1.54) is 6.20 Å². The van der Waals surface area contributed by atoms with E-state index in [0.717, 1.165) is 5.56 Å². The second-order valence-electron chi connectivity index (χ2n) is 4.20. The molecule has 104 valence electrons. The van der Waals surface area contributed by atoms with Crippen LogP contribution >= 0.6 is 0 Å². The first-order valence-electron chi connectivity index (χ1n) is 6.05. The van der Waals surface area contributed by atoms with E-state index in [1.807, 2.05) is 18.2 Å². The molecule has 3 rings (SSSR count). The molecule has 1 aliphatic heterocycles. The SMILES string of the molecule is N#CC(=CNc1cccc2c1NC(=O)NC2)c1nn[nH]n1. The van der Waals surface area contributed by atoms with Crippen molar-refractivity contribution in [2.45, 2.75) is 6.54 Å². The molecule has 9 nitrogen and oxygen atoms in total. The van der Waals surface area contributed by atoms with Crippen LogP contribution in [0.3, 0.4) is 0 Å². The molecule has 1 aromatic carbocycles. The Morgan fingerprint density at radius 3 is 3.14 bits per heavy atom. The van der Waals surface area contributed by atoms with Gasteiger partial charge in [0.2, 0.25) is 5.82 Å². The second kappa shape index (κ2) is 5.30. The van der Waals surface area contributed by atoms with Crippen molar-refractivity contribution in [3.63, 3.8) is 0 Å². The molecule has 0 atom stereocenters. The quantitative estimate of drug-likeness (QED) is 0.616. The summed E-state index contributed by atoms with van der Waals surface area (Å²) in [7, 11) is 0. The van der Waals surface area contributed by atoms with Gasteiger partial charge in [0.1, 0.15) is 11.6 Å². The molecule has 9 heteroatoms. The van der Waals surface area contributed by atoms with Gasteiger partial charge in [-0.2, -0.15) is 10.5 Å². The zero-order valence-corrected chi connectivity index (χ0v) is 10.7. The minimum Gasteiger partial charge on any atom is -0.359 e. The number of hydrogen-bond donors (Lipinski definition) is 4. The summed E-state index contributed by atoms with van der Waals surface area (Å²) in [6.07, 6.45) is 1.47. The summed E-state index contributed by atoms with van der Waals surface area (Å²) < 4.78 is 0.